The van der Waals surface area contributed by atoms with Gasteiger partial charge in [0.05, 0.1) is 0 Å². The highest BCUT2D eigenvalue weighted by Crippen LogP contribution is 2.24. The lowest BCUT2D eigenvalue weighted by Crippen LogP contribution is -2.60. The summed E-state index contributed by atoms with van der Waals surface area (Å²) in [5, 5.41) is 25.1. The zero-order chi connectivity index (χ0) is 18.6. The maximum atomic E-state index is 12.6. The van der Waals surface area contributed by atoms with Crippen LogP contribution in [0.2, 0.25) is 5.02 Å². The Labute approximate surface area is 159 Å². The molecule has 3 N–H and O–H groups in total. The molecule has 7 heteroatoms. The number of carbonyl (C=O) groups is 1. The molecule has 1 aromatic rings. The fraction of sp³-hybridized carbons (Fsp3) is 0.632. The summed E-state index contributed by atoms with van der Waals surface area (Å²) in [5.74, 6) is 0.397. The minimum absolute atomic E-state index is 0.122. The van der Waals surface area contributed by atoms with Gasteiger partial charge in [-0.25, -0.2) is 0 Å². The molecule has 3 rings (SSSR count). The largest absolute Gasteiger partial charge is 0.388 e. The van der Waals surface area contributed by atoms with Crippen LogP contribution in [0.15, 0.2) is 24.3 Å². The van der Waals surface area contributed by atoms with E-state index in [0.29, 0.717) is 36.0 Å². The number of likely N-dealkylation sites (tertiary alicyclic amines) is 1. The number of β-amino-alcohol motifs (C(OH)–C–C–N with tert-alkyl or cyclic N) is 1. The van der Waals surface area contributed by atoms with Crippen LogP contribution in [0.5, 0.6) is 0 Å². The number of carbonyl (C=O) groups excluding carboxylic acids is 1. The molecule has 2 heterocycles. The Balaban J connectivity index is 1.50. The highest BCUT2D eigenvalue weighted by molar-refractivity contribution is 6.30. The number of hydrogen-bond acceptors (Lipinski definition) is 5. The monoisotopic (exact) mass is 382 g/mol. The Morgan fingerprint density at radius 1 is 1.31 bits per heavy atom. The van der Waals surface area contributed by atoms with E-state index in [-0.39, 0.29) is 12.5 Å². The number of ether oxygens (including phenoxy) is 1. The molecular formula is C19H27ClN2O4. The predicted molar refractivity (Wildman–Crippen MR) is 99.3 cm³/mol. The number of aliphatic hydroxyl groups is 2. The van der Waals surface area contributed by atoms with Gasteiger partial charge in [0, 0.05) is 43.4 Å². The topological polar surface area (TPSA) is 82.0 Å². The standard InChI is InChI=1S/C19H27ClN2O4/c20-16-3-1-15(2-4-16)18(24)22-8-7-19(25,17(23)12-22)13-21-11-14-5-9-26-10-6-14/h1-4,14,17,21,23,25H,5-13H2/t17-,19-/m0/s1. The van der Waals surface area contributed by atoms with Crippen molar-refractivity contribution in [2.24, 2.45) is 5.92 Å². The van der Waals surface area contributed by atoms with Gasteiger partial charge in [0.15, 0.2) is 0 Å². The maximum Gasteiger partial charge on any atom is 0.253 e. The van der Waals surface area contributed by atoms with Crippen LogP contribution in [0.4, 0.5) is 0 Å². The van der Waals surface area contributed by atoms with E-state index in [4.69, 9.17) is 16.3 Å². The van der Waals surface area contributed by atoms with Gasteiger partial charge >= 0.3 is 0 Å². The molecule has 0 saturated carbocycles. The molecule has 1 aromatic carbocycles. The van der Waals surface area contributed by atoms with Gasteiger partial charge in [-0.05, 0) is 56.0 Å². The minimum Gasteiger partial charge on any atom is -0.388 e. The Bertz CT molecular complexity index is 606. The lowest BCUT2D eigenvalue weighted by molar-refractivity contribution is -0.110. The van der Waals surface area contributed by atoms with Crippen LogP contribution in [0.3, 0.4) is 0 Å². The van der Waals surface area contributed by atoms with Gasteiger partial charge < -0.3 is 25.2 Å². The third kappa shape index (κ3) is 4.75. The van der Waals surface area contributed by atoms with Crippen molar-refractivity contribution < 1.29 is 19.7 Å². The number of amides is 1. The van der Waals surface area contributed by atoms with Crippen LogP contribution in [-0.4, -0.2) is 72.1 Å². The van der Waals surface area contributed by atoms with Gasteiger partial charge in [-0.15, -0.1) is 0 Å². The van der Waals surface area contributed by atoms with Gasteiger partial charge in [-0.2, -0.15) is 0 Å². The zero-order valence-electron chi connectivity index (χ0n) is 14.9. The number of halogens is 1. The SMILES string of the molecule is O=C(c1ccc(Cl)cc1)N1CC[C@](O)(CNCC2CCOCC2)[C@@H](O)C1. The predicted octanol–water partition coefficient (Wildman–Crippen LogP) is 1.29. The van der Waals surface area contributed by atoms with Gasteiger partial charge in [-0.1, -0.05) is 11.6 Å². The first-order valence-electron chi connectivity index (χ1n) is 9.22. The van der Waals surface area contributed by atoms with Crippen LogP contribution in [0.1, 0.15) is 29.6 Å². The second kappa shape index (κ2) is 8.67. The molecule has 2 aliphatic heterocycles. The van der Waals surface area contributed by atoms with E-state index in [2.05, 4.69) is 5.32 Å². The minimum atomic E-state index is -1.21. The number of benzene rings is 1. The van der Waals surface area contributed by atoms with E-state index in [0.717, 1.165) is 32.6 Å². The molecule has 0 bridgehead atoms. The van der Waals surface area contributed by atoms with Crippen molar-refractivity contribution >= 4 is 17.5 Å². The Morgan fingerprint density at radius 3 is 2.65 bits per heavy atom. The summed E-state index contributed by atoms with van der Waals surface area (Å²) in [5.41, 5.74) is -0.674. The fourth-order valence-corrected chi connectivity index (χ4v) is 3.70. The van der Waals surface area contributed by atoms with E-state index in [1.807, 2.05) is 0 Å². The van der Waals surface area contributed by atoms with E-state index < -0.39 is 11.7 Å². The number of nitrogens with one attached hydrogen (secondary N) is 1. The number of nitrogens with zero attached hydrogens (tertiary/aromatic N) is 1. The second-order valence-corrected chi connectivity index (χ2v) is 7.75. The first kappa shape index (κ1) is 19.6. The number of piperidine rings is 1. The zero-order valence-corrected chi connectivity index (χ0v) is 15.6. The molecule has 0 radical (unpaired) electrons. The third-order valence-electron chi connectivity index (χ3n) is 5.41. The van der Waals surface area contributed by atoms with Crippen molar-refractivity contribution in [3.8, 4) is 0 Å². The molecule has 0 spiro atoms. The Hall–Kier alpha value is -1.18. The van der Waals surface area contributed by atoms with Crippen molar-refractivity contribution in [2.45, 2.75) is 31.0 Å². The van der Waals surface area contributed by atoms with E-state index in [1.54, 1.807) is 29.2 Å². The lowest BCUT2D eigenvalue weighted by atomic mass is 9.87. The molecule has 6 nitrogen and oxygen atoms in total. The summed E-state index contributed by atoms with van der Waals surface area (Å²) >= 11 is 5.86. The molecule has 0 unspecified atom stereocenters. The van der Waals surface area contributed by atoms with Gasteiger partial charge in [0.25, 0.3) is 5.91 Å². The molecule has 2 atom stereocenters. The van der Waals surface area contributed by atoms with Gasteiger partial charge in [0.2, 0.25) is 0 Å². The van der Waals surface area contributed by atoms with E-state index >= 15 is 0 Å². The molecule has 0 aliphatic carbocycles. The van der Waals surface area contributed by atoms with Crippen molar-refractivity contribution in [1.29, 1.82) is 0 Å². The Kier molecular flexibility index (Phi) is 6.53. The summed E-state index contributed by atoms with van der Waals surface area (Å²) in [6.07, 6.45) is 1.41. The summed E-state index contributed by atoms with van der Waals surface area (Å²) in [4.78, 5) is 14.1. The van der Waals surface area contributed by atoms with Crippen molar-refractivity contribution in [1.82, 2.24) is 10.2 Å². The second-order valence-electron chi connectivity index (χ2n) is 7.31. The fourth-order valence-electron chi connectivity index (χ4n) is 3.57. The molecule has 1 amide bonds. The lowest BCUT2D eigenvalue weighted by Gasteiger charge is -2.42. The third-order valence-corrected chi connectivity index (χ3v) is 5.66. The molecule has 0 aromatic heterocycles. The average Bonchev–Trinajstić information content (AvgIpc) is 2.65. The summed E-state index contributed by atoms with van der Waals surface area (Å²) in [7, 11) is 0. The first-order valence-corrected chi connectivity index (χ1v) is 9.59. The highest BCUT2D eigenvalue weighted by atomic mass is 35.5. The number of aliphatic hydroxyl groups excluding tert-OH is 1. The van der Waals surface area contributed by atoms with Crippen molar-refractivity contribution in [3.63, 3.8) is 0 Å². The molecule has 2 saturated heterocycles. The quantitative estimate of drug-likeness (QED) is 0.715. The van der Waals surface area contributed by atoms with Crippen molar-refractivity contribution in [3.05, 3.63) is 34.9 Å². The summed E-state index contributed by atoms with van der Waals surface area (Å²) in [6, 6.07) is 6.69. The molecule has 2 aliphatic rings. The maximum absolute atomic E-state index is 12.6. The Morgan fingerprint density at radius 2 is 2.00 bits per heavy atom. The average molecular weight is 383 g/mol. The molecule has 2 fully saturated rings. The molecule has 144 valence electrons. The van der Waals surface area contributed by atoms with Crippen LogP contribution >= 0.6 is 11.6 Å². The van der Waals surface area contributed by atoms with Gasteiger partial charge in [-0.3, -0.25) is 4.79 Å². The van der Waals surface area contributed by atoms with Crippen LogP contribution in [0.25, 0.3) is 0 Å². The van der Waals surface area contributed by atoms with Crippen LogP contribution < -0.4 is 5.32 Å². The van der Waals surface area contributed by atoms with Crippen LogP contribution in [0, 0.1) is 5.92 Å². The van der Waals surface area contributed by atoms with E-state index in [9.17, 15) is 15.0 Å². The molecule has 26 heavy (non-hydrogen) atoms. The highest BCUT2D eigenvalue weighted by Gasteiger charge is 2.41. The summed E-state index contributed by atoms with van der Waals surface area (Å²) < 4.78 is 5.35. The number of hydrogen-bond donors (Lipinski definition) is 3. The normalized spacial score (nSPS) is 27.5. The first-order chi connectivity index (χ1) is 12.5. The smallest absolute Gasteiger partial charge is 0.253 e. The van der Waals surface area contributed by atoms with E-state index in [1.165, 1.54) is 0 Å². The van der Waals surface area contributed by atoms with Gasteiger partial charge in [0.1, 0.15) is 11.7 Å². The van der Waals surface area contributed by atoms with Crippen molar-refractivity contribution in [2.75, 3.05) is 39.4 Å². The number of rotatable bonds is 5. The molecular weight excluding hydrogens is 356 g/mol. The van der Waals surface area contributed by atoms with Crippen LogP contribution in [-0.2, 0) is 4.74 Å². The summed E-state index contributed by atoms with van der Waals surface area (Å²) in [6.45, 7) is 3.26.